The van der Waals surface area contributed by atoms with Crippen molar-refractivity contribution in [2.24, 2.45) is 0 Å². The second-order valence-electron chi connectivity index (χ2n) is 0. The molecule has 0 saturated carbocycles. The molecule has 0 aromatic heterocycles. The Morgan fingerprint density at radius 3 is 0.200 bits per heavy atom. The van der Waals surface area contributed by atoms with Crippen LogP contribution in [0.25, 0.3) is 0 Å². The van der Waals surface area contributed by atoms with Gasteiger partial charge in [0.1, 0.15) is 0 Å². The van der Waals surface area contributed by atoms with Gasteiger partial charge in [-0.25, -0.2) is 0 Å². The van der Waals surface area contributed by atoms with Gasteiger partial charge in [-0.1, -0.05) is 0 Å². The van der Waals surface area contributed by atoms with Crippen LogP contribution < -0.4 is 0 Å². The van der Waals surface area contributed by atoms with Crippen molar-refractivity contribution >= 4 is 0 Å². The molecule has 0 bridgehead atoms. The molecule has 0 heterocycles. The van der Waals surface area contributed by atoms with Gasteiger partial charge in [0.25, 0.3) is 0 Å². The van der Waals surface area contributed by atoms with Crippen molar-refractivity contribution in [3.05, 3.63) is 0 Å². The molecule has 0 amide bonds. The quantitative estimate of drug-likeness (QED) is 0.369. The molecule has 0 rings (SSSR count). The first kappa shape index (κ1) is 1250. The second kappa shape index (κ2) is 921. The molecule has 8 nitrogen and oxygen atoms in total. The van der Waals surface area contributed by atoms with Crippen LogP contribution in [-0.2, 0) is 39.0 Å². The van der Waals surface area contributed by atoms with Gasteiger partial charge in [-0.2, -0.15) is 0 Å². The van der Waals surface area contributed by atoms with Crippen LogP contribution in [0, 0.1) is 0 Å². The van der Waals surface area contributed by atoms with E-state index in [4.69, 9.17) is 0 Å². The first-order valence-corrected chi connectivity index (χ1v) is 0. The van der Waals surface area contributed by atoms with Crippen LogP contribution in [-0.4, -0.2) is 43.8 Å². The monoisotopic (exact) mass is 350 g/mol. The average Bonchev–Trinajstić information content (AvgIpc) is 0. The van der Waals surface area contributed by atoms with Crippen molar-refractivity contribution < 1.29 is 82.8 Å². The number of hydrogen-bond acceptors (Lipinski definition) is 0. The van der Waals surface area contributed by atoms with Gasteiger partial charge in [0.15, 0.2) is 0 Å². The zero-order chi connectivity index (χ0) is 0. The van der Waals surface area contributed by atoms with E-state index in [2.05, 4.69) is 0 Å². The summed E-state index contributed by atoms with van der Waals surface area (Å²) >= 11 is 0. The molecular weight excluding hydrogens is 334 g/mol. The minimum Gasteiger partial charge on any atom is -0.412 e. The van der Waals surface area contributed by atoms with E-state index in [-0.39, 0.29) is 82.8 Å². The zero-order valence-corrected chi connectivity index (χ0v) is 7.94. The average molecular weight is 350 g/mol. The minimum absolute atomic E-state index is 0. The number of hydrogen-bond donors (Lipinski definition) is 0. The van der Waals surface area contributed by atoms with E-state index >= 15 is 0 Å². The maximum Gasteiger partial charge on any atom is 0 e. The Morgan fingerprint density at radius 1 is 0.200 bits per heavy atom. The molecule has 2 radical (unpaired) electrons. The Labute approximate surface area is 83.0 Å². The number of rotatable bonds is 0. The molecule has 0 aliphatic rings. The van der Waals surface area contributed by atoms with Crippen LogP contribution >= 0.6 is 0 Å². The van der Waals surface area contributed by atoms with Crippen LogP contribution in [0.4, 0.5) is 0 Å². The molecule has 0 aliphatic heterocycles. The van der Waals surface area contributed by atoms with Gasteiger partial charge in [0.2, 0.25) is 0 Å². The van der Waals surface area contributed by atoms with Crippen molar-refractivity contribution in [3.63, 3.8) is 0 Å². The Bertz CT molecular complexity index is 7.22. The van der Waals surface area contributed by atoms with Gasteiger partial charge in [0.05, 0.1) is 0 Å². The third-order valence-electron chi connectivity index (χ3n) is 0. The summed E-state index contributed by atoms with van der Waals surface area (Å²) in [5.74, 6) is 0. The summed E-state index contributed by atoms with van der Waals surface area (Å²) in [6.07, 6.45) is 0. The maximum absolute atomic E-state index is 0. The van der Waals surface area contributed by atoms with Crippen molar-refractivity contribution in [2.75, 3.05) is 0 Å². The summed E-state index contributed by atoms with van der Waals surface area (Å²) in [6.45, 7) is 0. The summed E-state index contributed by atoms with van der Waals surface area (Å²) in [4.78, 5) is 0. The molecule has 0 fully saturated rings. The molecule has 82 valence electrons. The van der Waals surface area contributed by atoms with E-state index in [0.717, 1.165) is 0 Å². The SMILES string of the molecule is O.O.O.O.O.O.O.O.[Rh].[Rh]. The Kier molecular flexibility index (Phi) is 115000. The Hall–Kier alpha value is 0.927. The van der Waals surface area contributed by atoms with Crippen LogP contribution in [0.1, 0.15) is 0 Å². The van der Waals surface area contributed by atoms with Gasteiger partial charge in [0, 0.05) is 39.0 Å². The van der Waals surface area contributed by atoms with Gasteiger partial charge in [-0.3, -0.25) is 0 Å². The maximum atomic E-state index is 0. The van der Waals surface area contributed by atoms with Crippen molar-refractivity contribution in [1.29, 1.82) is 0 Å². The third kappa shape index (κ3) is 653. The van der Waals surface area contributed by atoms with E-state index < -0.39 is 0 Å². The van der Waals surface area contributed by atoms with Crippen LogP contribution in [0.15, 0.2) is 0 Å². The van der Waals surface area contributed by atoms with Gasteiger partial charge >= 0.3 is 0 Å². The smallest absolute Gasteiger partial charge is 0 e. The van der Waals surface area contributed by atoms with E-state index in [1.807, 2.05) is 0 Å². The molecule has 0 aromatic carbocycles. The second-order valence-corrected chi connectivity index (χ2v) is 0. The van der Waals surface area contributed by atoms with Crippen molar-refractivity contribution in [2.45, 2.75) is 0 Å². The Balaban J connectivity index is 0. The summed E-state index contributed by atoms with van der Waals surface area (Å²) in [7, 11) is 0. The summed E-state index contributed by atoms with van der Waals surface area (Å²) in [5, 5.41) is 0. The molecule has 0 spiro atoms. The van der Waals surface area contributed by atoms with Crippen LogP contribution in [0.3, 0.4) is 0 Å². The summed E-state index contributed by atoms with van der Waals surface area (Å²) in [6, 6.07) is 0. The third-order valence-corrected chi connectivity index (χ3v) is 0. The predicted octanol–water partition coefficient (Wildman–Crippen LogP) is -6.60. The minimum atomic E-state index is 0. The van der Waals surface area contributed by atoms with Crippen molar-refractivity contribution in [1.82, 2.24) is 0 Å². The first-order valence-electron chi connectivity index (χ1n) is 0. The van der Waals surface area contributed by atoms with E-state index in [0.29, 0.717) is 0 Å². The fraction of sp³-hybridized carbons (Fsp3) is 0. The largest absolute Gasteiger partial charge is 0.412 e. The molecule has 0 unspecified atom stereocenters. The predicted molar refractivity (Wildman–Crippen MR) is 28.9 cm³/mol. The molecule has 0 atom stereocenters. The topological polar surface area (TPSA) is 252 Å². The van der Waals surface area contributed by atoms with E-state index in [1.165, 1.54) is 0 Å². The molecular formula is H16O8Rh2. The fourth-order valence-corrected chi connectivity index (χ4v) is 0. The fourth-order valence-electron chi connectivity index (χ4n) is 0. The summed E-state index contributed by atoms with van der Waals surface area (Å²) < 4.78 is 0. The van der Waals surface area contributed by atoms with E-state index in [1.54, 1.807) is 0 Å². The Morgan fingerprint density at radius 2 is 0.200 bits per heavy atom. The van der Waals surface area contributed by atoms with Gasteiger partial charge in [-0.05, 0) is 0 Å². The molecule has 10 heavy (non-hydrogen) atoms. The molecule has 16 N–H and O–H groups in total. The van der Waals surface area contributed by atoms with Crippen LogP contribution in [0.5, 0.6) is 0 Å². The van der Waals surface area contributed by atoms with Gasteiger partial charge in [-0.15, -0.1) is 0 Å². The molecule has 0 aromatic rings. The summed E-state index contributed by atoms with van der Waals surface area (Å²) in [5.41, 5.74) is 0. The zero-order valence-electron chi connectivity index (χ0n) is 4.67. The first-order chi connectivity index (χ1) is 0. The molecule has 10 heteroatoms. The normalized spacial score (nSPS) is 0. The molecule has 0 aliphatic carbocycles. The van der Waals surface area contributed by atoms with Gasteiger partial charge < -0.3 is 43.8 Å². The van der Waals surface area contributed by atoms with Crippen LogP contribution in [0.2, 0.25) is 0 Å². The standard InChI is InChI=1S/8H2O.2Rh/h8*1H2;;. The van der Waals surface area contributed by atoms with Crippen molar-refractivity contribution in [3.8, 4) is 0 Å². The molecule has 0 saturated heterocycles. The van der Waals surface area contributed by atoms with E-state index in [9.17, 15) is 0 Å².